The van der Waals surface area contributed by atoms with E-state index in [4.69, 9.17) is 4.74 Å². The van der Waals surface area contributed by atoms with Crippen LogP contribution in [0.25, 0.3) is 22.6 Å². The largest absolute Gasteiger partial charge is 0.461 e. The number of fused-ring (bicyclic) bond motifs is 1. The SMILES string of the molecule is CCOC(=O)c1c(C)nnc2cc(-c3c(C)n(C)n(-c4ccccc4)c3=O)nn12. The Hall–Kier alpha value is -3.75. The van der Waals surface area contributed by atoms with Gasteiger partial charge in [0.25, 0.3) is 5.56 Å². The first-order valence-electron chi connectivity index (χ1n) is 9.18. The molecule has 9 heteroatoms. The lowest BCUT2D eigenvalue weighted by atomic mass is 10.2. The summed E-state index contributed by atoms with van der Waals surface area (Å²) in [7, 11) is 1.82. The van der Waals surface area contributed by atoms with Gasteiger partial charge in [-0.2, -0.15) is 10.2 Å². The number of ether oxygens (including phenoxy) is 1. The van der Waals surface area contributed by atoms with Crippen LogP contribution in [-0.2, 0) is 11.8 Å². The molecule has 4 rings (SSSR count). The third-order valence-electron chi connectivity index (χ3n) is 4.83. The predicted molar refractivity (Wildman–Crippen MR) is 106 cm³/mol. The van der Waals surface area contributed by atoms with E-state index in [0.717, 1.165) is 11.4 Å². The van der Waals surface area contributed by atoms with Gasteiger partial charge in [0, 0.05) is 18.8 Å². The molecule has 0 radical (unpaired) electrons. The van der Waals surface area contributed by atoms with Crippen molar-refractivity contribution in [1.82, 2.24) is 29.2 Å². The molecule has 3 heterocycles. The fourth-order valence-corrected chi connectivity index (χ4v) is 3.35. The molecule has 0 N–H and O–H groups in total. The van der Waals surface area contributed by atoms with Crippen LogP contribution < -0.4 is 5.56 Å². The van der Waals surface area contributed by atoms with Gasteiger partial charge in [0.05, 0.1) is 23.6 Å². The second-order valence-corrected chi connectivity index (χ2v) is 6.59. The van der Waals surface area contributed by atoms with E-state index in [1.54, 1.807) is 29.3 Å². The van der Waals surface area contributed by atoms with Crippen LogP contribution >= 0.6 is 0 Å². The van der Waals surface area contributed by atoms with Gasteiger partial charge in [0.2, 0.25) is 0 Å². The van der Waals surface area contributed by atoms with Crippen LogP contribution in [0.4, 0.5) is 0 Å². The zero-order chi connectivity index (χ0) is 20.7. The minimum absolute atomic E-state index is 0.195. The summed E-state index contributed by atoms with van der Waals surface area (Å²) in [4.78, 5) is 25.6. The maximum Gasteiger partial charge on any atom is 0.359 e. The first-order valence-corrected chi connectivity index (χ1v) is 9.18. The molecule has 0 spiro atoms. The number of aromatic nitrogens is 6. The topological polar surface area (TPSA) is 96.3 Å². The first-order chi connectivity index (χ1) is 13.9. The van der Waals surface area contributed by atoms with Crippen LogP contribution in [0.5, 0.6) is 0 Å². The monoisotopic (exact) mass is 392 g/mol. The third-order valence-corrected chi connectivity index (χ3v) is 4.83. The Morgan fingerprint density at radius 1 is 1.14 bits per heavy atom. The summed E-state index contributed by atoms with van der Waals surface area (Å²) in [5.74, 6) is -0.536. The van der Waals surface area contributed by atoms with Crippen LogP contribution in [0.2, 0.25) is 0 Å². The summed E-state index contributed by atoms with van der Waals surface area (Å²) in [5, 5.41) is 12.6. The number of nitrogens with zero attached hydrogens (tertiary/aromatic N) is 6. The van der Waals surface area contributed by atoms with Crippen LogP contribution in [0.15, 0.2) is 41.2 Å². The highest BCUT2D eigenvalue weighted by Gasteiger charge is 2.23. The highest BCUT2D eigenvalue weighted by molar-refractivity contribution is 5.89. The molecule has 0 amide bonds. The van der Waals surface area contributed by atoms with Crippen molar-refractivity contribution >= 4 is 11.6 Å². The molecule has 1 aromatic carbocycles. The van der Waals surface area contributed by atoms with Crippen molar-refractivity contribution in [3.63, 3.8) is 0 Å². The molecule has 0 fully saturated rings. The van der Waals surface area contributed by atoms with Gasteiger partial charge in [-0.3, -0.25) is 9.48 Å². The number of benzene rings is 1. The number of carbonyl (C=O) groups is 1. The van der Waals surface area contributed by atoms with Gasteiger partial charge in [-0.1, -0.05) is 18.2 Å². The molecule has 0 aliphatic heterocycles. The van der Waals surface area contributed by atoms with Crippen molar-refractivity contribution in [3.8, 4) is 16.9 Å². The number of hydrogen-bond acceptors (Lipinski definition) is 6. The van der Waals surface area contributed by atoms with E-state index in [-0.39, 0.29) is 17.9 Å². The normalized spacial score (nSPS) is 11.2. The molecule has 0 aliphatic carbocycles. The fourth-order valence-electron chi connectivity index (χ4n) is 3.35. The van der Waals surface area contributed by atoms with Gasteiger partial charge < -0.3 is 4.74 Å². The standard InChI is InChI=1S/C20H20N6O3/c1-5-29-20(28)18-12(2)21-22-16-11-15(23-25(16)18)17-13(3)24(4)26(19(17)27)14-9-7-6-8-10-14/h6-11H,5H2,1-4H3. The molecule has 4 aromatic rings. The predicted octanol–water partition coefficient (Wildman–Crippen LogP) is 2.07. The molecule has 0 saturated carbocycles. The van der Waals surface area contributed by atoms with Gasteiger partial charge in [0.15, 0.2) is 11.3 Å². The molecular formula is C20H20N6O3. The van der Waals surface area contributed by atoms with E-state index in [9.17, 15) is 9.59 Å². The van der Waals surface area contributed by atoms with E-state index < -0.39 is 5.97 Å². The van der Waals surface area contributed by atoms with E-state index in [1.165, 1.54) is 4.52 Å². The summed E-state index contributed by atoms with van der Waals surface area (Å²) in [6.07, 6.45) is 0. The zero-order valence-electron chi connectivity index (χ0n) is 16.6. The minimum atomic E-state index is -0.536. The summed E-state index contributed by atoms with van der Waals surface area (Å²) in [6.45, 7) is 5.47. The second kappa shape index (κ2) is 7.01. The second-order valence-electron chi connectivity index (χ2n) is 6.59. The Morgan fingerprint density at radius 3 is 2.55 bits per heavy atom. The molecule has 0 atom stereocenters. The Balaban J connectivity index is 1.94. The Morgan fingerprint density at radius 2 is 1.86 bits per heavy atom. The average Bonchev–Trinajstić information content (AvgIpc) is 3.21. The molecule has 9 nitrogen and oxygen atoms in total. The van der Waals surface area contributed by atoms with Crippen molar-refractivity contribution in [3.05, 3.63) is 63.8 Å². The van der Waals surface area contributed by atoms with Crippen molar-refractivity contribution in [2.75, 3.05) is 6.61 Å². The average molecular weight is 392 g/mol. The van der Waals surface area contributed by atoms with Gasteiger partial charge in [-0.15, -0.1) is 5.10 Å². The molecule has 0 saturated heterocycles. The van der Waals surface area contributed by atoms with Gasteiger partial charge >= 0.3 is 5.97 Å². The van der Waals surface area contributed by atoms with E-state index >= 15 is 0 Å². The highest BCUT2D eigenvalue weighted by atomic mass is 16.5. The van der Waals surface area contributed by atoms with Crippen molar-refractivity contribution in [2.24, 2.45) is 7.05 Å². The number of aryl methyl sites for hydroxylation is 1. The summed E-state index contributed by atoms with van der Waals surface area (Å²) in [5.41, 5.74) is 3.10. The summed E-state index contributed by atoms with van der Waals surface area (Å²) in [6, 6.07) is 11.0. The minimum Gasteiger partial charge on any atom is -0.461 e. The molecular weight excluding hydrogens is 372 g/mol. The van der Waals surface area contributed by atoms with Gasteiger partial charge in [-0.05, 0) is 32.9 Å². The molecule has 0 unspecified atom stereocenters. The Labute approximate surface area is 166 Å². The van der Waals surface area contributed by atoms with Crippen LogP contribution in [0.3, 0.4) is 0 Å². The summed E-state index contributed by atoms with van der Waals surface area (Å²) < 4.78 is 9.87. The lowest BCUT2D eigenvalue weighted by Crippen LogP contribution is -2.20. The number of esters is 1. The van der Waals surface area contributed by atoms with Gasteiger partial charge in [0.1, 0.15) is 5.69 Å². The maximum atomic E-state index is 13.2. The number of carbonyl (C=O) groups excluding carboxylic acids is 1. The van der Waals surface area contributed by atoms with Crippen molar-refractivity contribution in [2.45, 2.75) is 20.8 Å². The lowest BCUT2D eigenvalue weighted by molar-refractivity contribution is 0.0514. The molecule has 0 bridgehead atoms. The van der Waals surface area contributed by atoms with Crippen LogP contribution in [0.1, 0.15) is 28.8 Å². The smallest absolute Gasteiger partial charge is 0.359 e. The van der Waals surface area contributed by atoms with Gasteiger partial charge in [-0.25, -0.2) is 14.0 Å². The zero-order valence-corrected chi connectivity index (χ0v) is 16.6. The van der Waals surface area contributed by atoms with Crippen molar-refractivity contribution in [1.29, 1.82) is 0 Å². The number of para-hydroxylation sites is 1. The van der Waals surface area contributed by atoms with Crippen molar-refractivity contribution < 1.29 is 9.53 Å². The molecule has 3 aromatic heterocycles. The fraction of sp³-hybridized carbons (Fsp3) is 0.250. The maximum absolute atomic E-state index is 13.2. The third kappa shape index (κ3) is 2.91. The van der Waals surface area contributed by atoms with E-state index in [2.05, 4.69) is 15.3 Å². The first kappa shape index (κ1) is 18.6. The molecule has 148 valence electrons. The molecule has 29 heavy (non-hydrogen) atoms. The number of rotatable bonds is 4. The summed E-state index contributed by atoms with van der Waals surface area (Å²) >= 11 is 0. The van der Waals surface area contributed by atoms with E-state index in [0.29, 0.717) is 22.6 Å². The van der Waals surface area contributed by atoms with Crippen LogP contribution in [-0.4, -0.2) is 41.8 Å². The Kier molecular flexibility index (Phi) is 4.50. The quantitative estimate of drug-likeness (QED) is 0.493. The Bertz CT molecular complexity index is 1280. The highest BCUT2D eigenvalue weighted by Crippen LogP contribution is 2.22. The van der Waals surface area contributed by atoms with E-state index in [1.807, 2.05) is 44.3 Å². The van der Waals surface area contributed by atoms with Crippen LogP contribution in [0, 0.1) is 13.8 Å². The number of hydrogen-bond donors (Lipinski definition) is 0. The lowest BCUT2D eigenvalue weighted by Gasteiger charge is -2.07. The molecule has 0 aliphatic rings.